The van der Waals surface area contributed by atoms with Gasteiger partial charge in [-0.1, -0.05) is 12.1 Å². The third-order valence-electron chi connectivity index (χ3n) is 3.67. The first-order valence-corrected chi connectivity index (χ1v) is 7.07. The van der Waals surface area contributed by atoms with Gasteiger partial charge in [0.15, 0.2) is 6.10 Å². The van der Waals surface area contributed by atoms with E-state index in [1.807, 2.05) is 31.2 Å². The quantitative estimate of drug-likeness (QED) is 0.854. The summed E-state index contributed by atoms with van der Waals surface area (Å²) in [4.78, 5) is 12.2. The van der Waals surface area contributed by atoms with Gasteiger partial charge < -0.3 is 20.5 Å². The Morgan fingerprint density at radius 2 is 2.09 bits per heavy atom. The molecule has 3 N–H and O–H groups in total. The van der Waals surface area contributed by atoms with Gasteiger partial charge in [-0.05, 0) is 42.3 Å². The summed E-state index contributed by atoms with van der Waals surface area (Å²) in [6, 6.07) is 11.2. The van der Waals surface area contributed by atoms with E-state index in [9.17, 15) is 4.79 Å². The zero-order valence-electron chi connectivity index (χ0n) is 12.6. The van der Waals surface area contributed by atoms with Crippen LogP contribution >= 0.6 is 0 Å². The molecule has 0 fully saturated rings. The maximum atomic E-state index is 12.2. The normalized spacial score (nSPS) is 16.5. The Bertz CT molecular complexity index is 728. The molecule has 0 bridgehead atoms. The number of anilines is 2. The van der Waals surface area contributed by atoms with Crippen molar-refractivity contribution in [1.82, 2.24) is 0 Å². The van der Waals surface area contributed by atoms with E-state index in [4.69, 9.17) is 15.2 Å². The lowest BCUT2D eigenvalue weighted by atomic mass is 10.0. The number of carbonyl (C=O) groups excluding carboxylic acids is 1. The highest BCUT2D eigenvalue weighted by molar-refractivity contribution is 5.98. The number of nitrogens with one attached hydrogen (secondary N) is 1. The number of carbonyl (C=O) groups is 1. The number of nitrogen functional groups attached to an aromatic ring is 1. The van der Waals surface area contributed by atoms with E-state index in [2.05, 4.69) is 5.32 Å². The summed E-state index contributed by atoms with van der Waals surface area (Å²) >= 11 is 0. The minimum Gasteiger partial charge on any atom is -0.495 e. The first-order chi connectivity index (χ1) is 10.6. The molecule has 1 atom stereocenters. The lowest BCUT2D eigenvalue weighted by molar-refractivity contribution is -0.123. The molecule has 0 saturated carbocycles. The lowest BCUT2D eigenvalue weighted by Gasteiger charge is -2.26. The minimum absolute atomic E-state index is 0.146. The van der Waals surface area contributed by atoms with E-state index in [0.29, 0.717) is 23.6 Å². The van der Waals surface area contributed by atoms with Gasteiger partial charge >= 0.3 is 0 Å². The highest BCUT2D eigenvalue weighted by Gasteiger charge is 2.27. The van der Waals surface area contributed by atoms with Crippen molar-refractivity contribution in [2.45, 2.75) is 19.4 Å². The van der Waals surface area contributed by atoms with Gasteiger partial charge in [-0.25, -0.2) is 0 Å². The SMILES string of the molecule is COc1ccc(CC2Oc3ccc(C)cc3NC2=O)cc1N. The number of amides is 1. The molecule has 1 amide bonds. The first kappa shape index (κ1) is 14.3. The van der Waals surface area contributed by atoms with Crippen LogP contribution in [0.3, 0.4) is 0 Å². The highest BCUT2D eigenvalue weighted by atomic mass is 16.5. The van der Waals surface area contributed by atoms with E-state index in [-0.39, 0.29) is 5.91 Å². The zero-order valence-corrected chi connectivity index (χ0v) is 12.6. The van der Waals surface area contributed by atoms with Crippen molar-refractivity contribution in [2.75, 3.05) is 18.2 Å². The highest BCUT2D eigenvalue weighted by Crippen LogP contribution is 2.31. The second kappa shape index (κ2) is 5.60. The van der Waals surface area contributed by atoms with E-state index < -0.39 is 6.10 Å². The van der Waals surface area contributed by atoms with Crippen molar-refractivity contribution in [3.8, 4) is 11.5 Å². The second-order valence-corrected chi connectivity index (χ2v) is 5.38. The van der Waals surface area contributed by atoms with Gasteiger partial charge in [-0.15, -0.1) is 0 Å². The van der Waals surface area contributed by atoms with Crippen LogP contribution < -0.4 is 20.5 Å². The van der Waals surface area contributed by atoms with Crippen LogP contribution in [0.1, 0.15) is 11.1 Å². The number of ether oxygens (including phenoxy) is 2. The van der Waals surface area contributed by atoms with Crippen molar-refractivity contribution in [1.29, 1.82) is 0 Å². The number of benzene rings is 2. The van der Waals surface area contributed by atoms with Crippen LogP contribution in [0, 0.1) is 6.92 Å². The van der Waals surface area contributed by atoms with E-state index in [1.54, 1.807) is 19.2 Å². The van der Waals surface area contributed by atoms with Gasteiger partial charge in [0.2, 0.25) is 0 Å². The molecule has 22 heavy (non-hydrogen) atoms. The maximum absolute atomic E-state index is 12.2. The molecule has 114 valence electrons. The van der Waals surface area contributed by atoms with Gasteiger partial charge in [0, 0.05) is 6.42 Å². The average molecular weight is 298 g/mol. The molecular formula is C17H18N2O3. The standard InChI is InChI=1S/C17H18N2O3/c1-10-3-5-15-13(7-10)19-17(20)16(22-15)9-11-4-6-14(21-2)12(18)8-11/h3-8,16H,9,18H2,1-2H3,(H,19,20). The average Bonchev–Trinajstić information content (AvgIpc) is 2.48. The van der Waals surface area contributed by atoms with Crippen molar-refractivity contribution >= 4 is 17.3 Å². The summed E-state index contributed by atoms with van der Waals surface area (Å²) in [5.74, 6) is 1.17. The fraction of sp³-hybridized carbons (Fsp3) is 0.235. The number of nitrogens with two attached hydrogens (primary N) is 1. The van der Waals surface area contributed by atoms with Crippen LogP contribution in [-0.4, -0.2) is 19.1 Å². The Balaban J connectivity index is 1.80. The molecule has 1 heterocycles. The van der Waals surface area contributed by atoms with Gasteiger partial charge in [-0.3, -0.25) is 4.79 Å². The van der Waals surface area contributed by atoms with E-state index in [1.165, 1.54) is 0 Å². The van der Waals surface area contributed by atoms with Crippen LogP contribution in [0.25, 0.3) is 0 Å². The van der Waals surface area contributed by atoms with Crippen LogP contribution in [0.5, 0.6) is 11.5 Å². The number of hydrogen-bond acceptors (Lipinski definition) is 4. The van der Waals surface area contributed by atoms with Crippen molar-refractivity contribution in [3.63, 3.8) is 0 Å². The topological polar surface area (TPSA) is 73.6 Å². The first-order valence-electron chi connectivity index (χ1n) is 7.07. The Labute approximate surface area is 129 Å². The zero-order chi connectivity index (χ0) is 15.7. The molecule has 5 nitrogen and oxygen atoms in total. The Morgan fingerprint density at radius 3 is 2.82 bits per heavy atom. The molecule has 0 radical (unpaired) electrons. The fourth-order valence-electron chi connectivity index (χ4n) is 2.52. The van der Waals surface area contributed by atoms with E-state index >= 15 is 0 Å². The van der Waals surface area contributed by atoms with Gasteiger partial charge in [0.25, 0.3) is 5.91 Å². The molecule has 5 heteroatoms. The van der Waals surface area contributed by atoms with Crippen LogP contribution in [0.4, 0.5) is 11.4 Å². The van der Waals surface area contributed by atoms with Crippen LogP contribution in [-0.2, 0) is 11.2 Å². The molecular weight excluding hydrogens is 280 g/mol. The molecule has 1 unspecified atom stereocenters. The van der Waals surface area contributed by atoms with Crippen molar-refractivity contribution in [3.05, 3.63) is 47.5 Å². The summed E-state index contributed by atoms with van der Waals surface area (Å²) in [6.45, 7) is 1.97. The Morgan fingerprint density at radius 1 is 1.27 bits per heavy atom. The predicted octanol–water partition coefficient (Wildman–Crippen LogP) is 2.53. The summed E-state index contributed by atoms with van der Waals surface area (Å²) < 4.78 is 10.9. The fourth-order valence-corrected chi connectivity index (χ4v) is 2.52. The second-order valence-electron chi connectivity index (χ2n) is 5.38. The van der Waals surface area contributed by atoms with Crippen LogP contribution in [0.2, 0.25) is 0 Å². The summed E-state index contributed by atoms with van der Waals surface area (Å²) in [6.07, 6.45) is -0.115. The maximum Gasteiger partial charge on any atom is 0.265 e. The van der Waals surface area contributed by atoms with Gasteiger partial charge in [-0.2, -0.15) is 0 Å². The molecule has 3 rings (SSSR count). The summed E-state index contributed by atoms with van der Waals surface area (Å²) in [7, 11) is 1.57. The monoisotopic (exact) mass is 298 g/mol. The predicted molar refractivity (Wildman–Crippen MR) is 85.3 cm³/mol. The largest absolute Gasteiger partial charge is 0.495 e. The minimum atomic E-state index is -0.567. The Hall–Kier alpha value is -2.69. The lowest BCUT2D eigenvalue weighted by Crippen LogP contribution is -2.38. The Kier molecular flexibility index (Phi) is 3.63. The molecule has 1 aliphatic heterocycles. The van der Waals surface area contributed by atoms with Crippen molar-refractivity contribution < 1.29 is 14.3 Å². The number of methoxy groups -OCH3 is 1. The number of rotatable bonds is 3. The van der Waals surface area contributed by atoms with Gasteiger partial charge in [0.1, 0.15) is 11.5 Å². The summed E-state index contributed by atoms with van der Waals surface area (Å²) in [5, 5.41) is 2.89. The molecule has 1 aliphatic rings. The molecule has 2 aromatic carbocycles. The van der Waals surface area contributed by atoms with E-state index in [0.717, 1.165) is 16.8 Å². The number of aryl methyl sites for hydroxylation is 1. The molecule has 0 aromatic heterocycles. The molecule has 0 spiro atoms. The van der Waals surface area contributed by atoms with Crippen molar-refractivity contribution in [2.24, 2.45) is 0 Å². The molecule has 0 aliphatic carbocycles. The third-order valence-corrected chi connectivity index (χ3v) is 3.67. The number of fused-ring (bicyclic) bond motifs is 1. The number of hydrogen-bond donors (Lipinski definition) is 2. The molecule has 0 saturated heterocycles. The third kappa shape index (κ3) is 2.70. The smallest absolute Gasteiger partial charge is 0.265 e. The molecule has 2 aromatic rings. The summed E-state index contributed by atoms with van der Waals surface area (Å²) in [5.41, 5.74) is 9.16. The van der Waals surface area contributed by atoms with Gasteiger partial charge in [0.05, 0.1) is 18.5 Å². The van der Waals surface area contributed by atoms with Crippen LogP contribution in [0.15, 0.2) is 36.4 Å².